The molecule has 0 aliphatic carbocycles. The number of benzene rings is 1. The number of phenolic OH excluding ortho intramolecular Hbond substituents is 1. The smallest absolute Gasteiger partial charge is 0.403 e. The molecule has 0 aromatic heterocycles. The molecule has 0 aliphatic heterocycles. The zero-order valence-electron chi connectivity index (χ0n) is 7.55. The molecule has 0 bridgehead atoms. The molecule has 84 valence electrons. The number of para-hydroxylation sites is 1. The second kappa shape index (κ2) is 4.40. The lowest BCUT2D eigenvalue weighted by Crippen LogP contribution is -2.39. The summed E-state index contributed by atoms with van der Waals surface area (Å²) in [5, 5.41) is 9.44. The molecule has 0 saturated heterocycles. The van der Waals surface area contributed by atoms with Gasteiger partial charge in [-0.2, -0.15) is 13.2 Å². The van der Waals surface area contributed by atoms with Crippen molar-refractivity contribution >= 4 is 15.9 Å². The minimum Gasteiger partial charge on any atom is -0.506 e. The maximum Gasteiger partial charge on any atom is 0.403 e. The minimum atomic E-state index is -4.45. The van der Waals surface area contributed by atoms with Gasteiger partial charge in [0.15, 0.2) is 0 Å². The molecular formula is C9H9BrF3NO. The van der Waals surface area contributed by atoms with Gasteiger partial charge in [0.1, 0.15) is 11.8 Å². The molecule has 2 nitrogen and oxygen atoms in total. The lowest BCUT2D eigenvalue weighted by atomic mass is 10.1. The van der Waals surface area contributed by atoms with E-state index in [1.807, 2.05) is 0 Å². The summed E-state index contributed by atoms with van der Waals surface area (Å²) < 4.78 is 36.8. The van der Waals surface area contributed by atoms with Crippen LogP contribution in [0.1, 0.15) is 5.56 Å². The molecule has 0 spiro atoms. The quantitative estimate of drug-likeness (QED) is 0.876. The van der Waals surface area contributed by atoms with Crippen molar-refractivity contribution < 1.29 is 18.3 Å². The number of hydrogen-bond acceptors (Lipinski definition) is 2. The van der Waals surface area contributed by atoms with E-state index in [4.69, 9.17) is 5.73 Å². The van der Waals surface area contributed by atoms with Crippen molar-refractivity contribution in [3.05, 3.63) is 28.2 Å². The molecular weight excluding hydrogens is 275 g/mol. The topological polar surface area (TPSA) is 46.2 Å². The second-order valence-corrected chi connectivity index (χ2v) is 3.95. The van der Waals surface area contributed by atoms with Crippen molar-refractivity contribution in [1.29, 1.82) is 0 Å². The van der Waals surface area contributed by atoms with Crippen LogP contribution in [0, 0.1) is 0 Å². The van der Waals surface area contributed by atoms with E-state index in [9.17, 15) is 18.3 Å². The van der Waals surface area contributed by atoms with Gasteiger partial charge in [-0.05, 0) is 34.0 Å². The molecule has 1 rings (SSSR count). The number of phenols is 1. The van der Waals surface area contributed by atoms with Crippen LogP contribution in [-0.4, -0.2) is 17.3 Å². The summed E-state index contributed by atoms with van der Waals surface area (Å²) in [6, 6.07) is 2.53. The zero-order chi connectivity index (χ0) is 11.6. The number of hydrogen-bond donors (Lipinski definition) is 2. The number of aromatic hydroxyl groups is 1. The van der Waals surface area contributed by atoms with Gasteiger partial charge in [-0.15, -0.1) is 0 Å². The SMILES string of the molecule is NC(Cc1cccc(Br)c1O)C(F)(F)F. The third kappa shape index (κ3) is 3.10. The molecule has 3 N–H and O–H groups in total. The summed E-state index contributed by atoms with van der Waals surface area (Å²) in [6.45, 7) is 0. The first-order valence-electron chi connectivity index (χ1n) is 4.11. The molecule has 1 unspecified atom stereocenters. The van der Waals surface area contributed by atoms with Crippen LogP contribution in [0.2, 0.25) is 0 Å². The summed E-state index contributed by atoms with van der Waals surface area (Å²) in [7, 11) is 0. The number of halogens is 4. The van der Waals surface area contributed by atoms with Gasteiger partial charge in [-0.25, -0.2) is 0 Å². The normalized spacial score (nSPS) is 13.9. The Balaban J connectivity index is 2.86. The van der Waals surface area contributed by atoms with Gasteiger partial charge in [-0.1, -0.05) is 12.1 Å². The highest BCUT2D eigenvalue weighted by atomic mass is 79.9. The summed E-state index contributed by atoms with van der Waals surface area (Å²) in [4.78, 5) is 0. The van der Waals surface area contributed by atoms with Crippen LogP contribution in [-0.2, 0) is 6.42 Å². The number of alkyl halides is 3. The Bertz CT molecular complexity index is 354. The van der Waals surface area contributed by atoms with Crippen molar-refractivity contribution in [2.45, 2.75) is 18.6 Å². The fourth-order valence-electron chi connectivity index (χ4n) is 1.08. The van der Waals surface area contributed by atoms with E-state index < -0.39 is 18.6 Å². The summed E-state index contributed by atoms with van der Waals surface area (Å²) in [6.07, 6.45) is -4.89. The van der Waals surface area contributed by atoms with Crippen LogP contribution >= 0.6 is 15.9 Å². The van der Waals surface area contributed by atoms with Crippen LogP contribution in [0.15, 0.2) is 22.7 Å². The first kappa shape index (κ1) is 12.3. The maximum absolute atomic E-state index is 12.1. The fraction of sp³-hybridized carbons (Fsp3) is 0.333. The van der Waals surface area contributed by atoms with E-state index in [2.05, 4.69) is 15.9 Å². The van der Waals surface area contributed by atoms with Crippen molar-refractivity contribution in [1.82, 2.24) is 0 Å². The van der Waals surface area contributed by atoms with Crippen LogP contribution < -0.4 is 5.73 Å². The van der Waals surface area contributed by atoms with Crippen molar-refractivity contribution in [2.24, 2.45) is 5.73 Å². The van der Waals surface area contributed by atoms with E-state index >= 15 is 0 Å². The summed E-state index contributed by atoms with van der Waals surface area (Å²) >= 11 is 3.01. The zero-order valence-corrected chi connectivity index (χ0v) is 9.14. The van der Waals surface area contributed by atoms with Crippen molar-refractivity contribution in [2.75, 3.05) is 0 Å². The monoisotopic (exact) mass is 283 g/mol. The lowest BCUT2D eigenvalue weighted by molar-refractivity contribution is -0.147. The standard InChI is InChI=1S/C9H9BrF3NO/c10-6-3-1-2-5(8(6)15)4-7(14)9(11,12)13/h1-3,7,15H,4,14H2. The van der Waals surface area contributed by atoms with Gasteiger partial charge in [0.25, 0.3) is 0 Å². The van der Waals surface area contributed by atoms with Gasteiger partial charge < -0.3 is 10.8 Å². The van der Waals surface area contributed by atoms with E-state index in [0.29, 0.717) is 4.47 Å². The summed E-state index contributed by atoms with van der Waals surface area (Å²) in [5.41, 5.74) is 5.13. The maximum atomic E-state index is 12.1. The highest BCUT2D eigenvalue weighted by Gasteiger charge is 2.36. The third-order valence-electron chi connectivity index (χ3n) is 1.93. The van der Waals surface area contributed by atoms with Gasteiger partial charge >= 0.3 is 6.18 Å². The number of rotatable bonds is 2. The molecule has 0 heterocycles. The summed E-state index contributed by atoms with van der Waals surface area (Å²) in [5.74, 6) is -0.197. The molecule has 0 radical (unpaired) electrons. The first-order chi connectivity index (χ1) is 6.82. The Labute approximate surface area is 93.0 Å². The van der Waals surface area contributed by atoms with Crippen LogP contribution in [0.4, 0.5) is 13.2 Å². The average molecular weight is 284 g/mol. The van der Waals surface area contributed by atoms with Crippen LogP contribution in [0.25, 0.3) is 0 Å². The first-order valence-corrected chi connectivity index (χ1v) is 4.90. The lowest BCUT2D eigenvalue weighted by Gasteiger charge is -2.16. The second-order valence-electron chi connectivity index (χ2n) is 3.10. The highest BCUT2D eigenvalue weighted by Crippen LogP contribution is 2.30. The minimum absolute atomic E-state index is 0.175. The third-order valence-corrected chi connectivity index (χ3v) is 2.57. The van der Waals surface area contributed by atoms with E-state index in [-0.39, 0.29) is 11.3 Å². The van der Waals surface area contributed by atoms with E-state index in [1.165, 1.54) is 12.1 Å². The van der Waals surface area contributed by atoms with Gasteiger partial charge in [0, 0.05) is 0 Å². The Morgan fingerprint density at radius 3 is 2.53 bits per heavy atom. The molecule has 15 heavy (non-hydrogen) atoms. The van der Waals surface area contributed by atoms with Gasteiger partial charge in [-0.3, -0.25) is 0 Å². The van der Waals surface area contributed by atoms with Crippen molar-refractivity contribution in [3.63, 3.8) is 0 Å². The molecule has 0 fully saturated rings. The number of nitrogens with two attached hydrogens (primary N) is 1. The largest absolute Gasteiger partial charge is 0.506 e. The molecule has 0 saturated carbocycles. The Morgan fingerprint density at radius 1 is 1.40 bits per heavy atom. The van der Waals surface area contributed by atoms with Crippen LogP contribution in [0.3, 0.4) is 0 Å². The molecule has 1 atom stereocenters. The molecule has 1 aromatic carbocycles. The van der Waals surface area contributed by atoms with Gasteiger partial charge in [0.2, 0.25) is 0 Å². The molecule has 6 heteroatoms. The highest BCUT2D eigenvalue weighted by molar-refractivity contribution is 9.10. The van der Waals surface area contributed by atoms with Crippen LogP contribution in [0.5, 0.6) is 5.75 Å². The van der Waals surface area contributed by atoms with E-state index in [0.717, 1.165) is 0 Å². The fourth-order valence-corrected chi connectivity index (χ4v) is 1.48. The van der Waals surface area contributed by atoms with Gasteiger partial charge in [0.05, 0.1) is 4.47 Å². The Kier molecular flexibility index (Phi) is 3.62. The molecule has 1 aromatic rings. The average Bonchev–Trinajstić information content (AvgIpc) is 2.11. The Morgan fingerprint density at radius 2 is 2.00 bits per heavy atom. The van der Waals surface area contributed by atoms with E-state index in [1.54, 1.807) is 6.07 Å². The molecule has 0 amide bonds. The predicted molar refractivity (Wildman–Crippen MR) is 53.5 cm³/mol. The van der Waals surface area contributed by atoms with Crippen molar-refractivity contribution in [3.8, 4) is 5.75 Å². The molecule has 0 aliphatic rings. The Hall–Kier alpha value is -0.750. The predicted octanol–water partition coefficient (Wildman–Crippen LogP) is 2.59.